The lowest BCUT2D eigenvalue weighted by Gasteiger charge is -2.32. The molecular weight excluding hydrogens is 437 g/mol. The Labute approximate surface area is 178 Å². The molecular formula is C20H42IN5. The van der Waals surface area contributed by atoms with Gasteiger partial charge >= 0.3 is 0 Å². The maximum absolute atomic E-state index is 4.38. The van der Waals surface area contributed by atoms with E-state index in [0.717, 1.165) is 30.9 Å². The molecule has 2 heterocycles. The molecule has 0 aromatic rings. The van der Waals surface area contributed by atoms with Crippen LogP contribution in [0.3, 0.4) is 0 Å². The molecule has 0 aliphatic carbocycles. The molecule has 0 amide bonds. The zero-order valence-corrected chi connectivity index (χ0v) is 19.6. The van der Waals surface area contributed by atoms with Crippen molar-refractivity contribution in [3.8, 4) is 0 Å². The number of guanidine groups is 1. The van der Waals surface area contributed by atoms with E-state index in [9.17, 15) is 0 Å². The summed E-state index contributed by atoms with van der Waals surface area (Å²) in [6.45, 7) is 14.3. The molecule has 2 aliphatic heterocycles. The van der Waals surface area contributed by atoms with Crippen molar-refractivity contribution in [3.05, 3.63) is 0 Å². The molecule has 2 rings (SSSR count). The number of rotatable bonds is 8. The molecule has 154 valence electrons. The molecule has 0 bridgehead atoms. The number of nitrogens with zero attached hydrogens (tertiary/aromatic N) is 3. The van der Waals surface area contributed by atoms with Crippen LogP contribution in [0.4, 0.5) is 0 Å². The van der Waals surface area contributed by atoms with Gasteiger partial charge in [-0.3, -0.25) is 4.99 Å². The van der Waals surface area contributed by atoms with E-state index in [-0.39, 0.29) is 24.0 Å². The minimum atomic E-state index is 0. The maximum Gasteiger partial charge on any atom is 0.190 e. The van der Waals surface area contributed by atoms with Gasteiger partial charge in [0.2, 0.25) is 0 Å². The summed E-state index contributed by atoms with van der Waals surface area (Å²) < 4.78 is 0. The molecule has 0 aromatic carbocycles. The number of hydrogen-bond donors (Lipinski definition) is 2. The van der Waals surface area contributed by atoms with E-state index in [1.165, 1.54) is 77.8 Å². The molecule has 26 heavy (non-hydrogen) atoms. The van der Waals surface area contributed by atoms with Crippen LogP contribution in [0.2, 0.25) is 0 Å². The fraction of sp³-hybridized carbons (Fsp3) is 0.950. The second-order valence-electron chi connectivity index (χ2n) is 8.04. The fourth-order valence-electron chi connectivity index (χ4n) is 3.99. The van der Waals surface area contributed by atoms with Gasteiger partial charge in [-0.15, -0.1) is 24.0 Å². The van der Waals surface area contributed by atoms with Gasteiger partial charge in [-0.25, -0.2) is 0 Å². The lowest BCUT2D eigenvalue weighted by atomic mass is 9.97. The minimum absolute atomic E-state index is 0. The quantitative estimate of drug-likeness (QED) is 0.243. The smallest absolute Gasteiger partial charge is 0.190 e. The molecule has 0 aromatic heterocycles. The van der Waals surface area contributed by atoms with E-state index >= 15 is 0 Å². The highest BCUT2D eigenvalue weighted by Gasteiger charge is 2.18. The molecule has 0 radical (unpaired) electrons. The summed E-state index contributed by atoms with van der Waals surface area (Å²) in [6.07, 6.45) is 7.84. The van der Waals surface area contributed by atoms with Crippen molar-refractivity contribution in [1.82, 2.24) is 20.4 Å². The number of piperidine rings is 2. The van der Waals surface area contributed by atoms with Gasteiger partial charge in [-0.1, -0.05) is 13.8 Å². The number of aliphatic imine (C=N–C) groups is 1. The van der Waals surface area contributed by atoms with E-state index in [4.69, 9.17) is 0 Å². The third kappa shape index (κ3) is 9.22. The van der Waals surface area contributed by atoms with Crippen LogP contribution in [0.15, 0.2) is 4.99 Å². The highest BCUT2D eigenvalue weighted by molar-refractivity contribution is 14.0. The average molecular weight is 479 g/mol. The Morgan fingerprint density at radius 1 is 0.962 bits per heavy atom. The zero-order chi connectivity index (χ0) is 17.9. The predicted octanol–water partition coefficient (Wildman–Crippen LogP) is 3.01. The standard InChI is InChI=1S/C20H41N5.HI/c1-4-11-24-15-8-19(9-16-24)17-23-20(21-3)22-10-5-12-25-13-6-18(2)7-14-25;/h18-19H,4-17H2,1-3H3,(H2,21,22,23);1H. The van der Waals surface area contributed by atoms with Crippen molar-refractivity contribution >= 4 is 29.9 Å². The summed E-state index contributed by atoms with van der Waals surface area (Å²) in [4.78, 5) is 9.60. The Bertz CT molecular complexity index is 374. The van der Waals surface area contributed by atoms with Gasteiger partial charge in [0.05, 0.1) is 0 Å². The average Bonchev–Trinajstić information content (AvgIpc) is 2.64. The Morgan fingerprint density at radius 2 is 1.58 bits per heavy atom. The van der Waals surface area contributed by atoms with Crippen LogP contribution in [0.1, 0.15) is 52.4 Å². The van der Waals surface area contributed by atoms with Crippen LogP contribution < -0.4 is 10.6 Å². The number of likely N-dealkylation sites (tertiary alicyclic amines) is 2. The third-order valence-corrected chi connectivity index (χ3v) is 5.85. The second-order valence-corrected chi connectivity index (χ2v) is 8.04. The van der Waals surface area contributed by atoms with Crippen molar-refractivity contribution in [2.45, 2.75) is 52.4 Å². The van der Waals surface area contributed by atoms with Gasteiger partial charge in [0.25, 0.3) is 0 Å². The minimum Gasteiger partial charge on any atom is -0.356 e. The first-order chi connectivity index (χ1) is 12.2. The van der Waals surface area contributed by atoms with E-state index in [1.807, 2.05) is 7.05 Å². The Morgan fingerprint density at radius 3 is 2.19 bits per heavy atom. The normalized spacial score (nSPS) is 21.4. The predicted molar refractivity (Wildman–Crippen MR) is 124 cm³/mol. The lowest BCUT2D eigenvalue weighted by molar-refractivity contribution is 0.185. The third-order valence-electron chi connectivity index (χ3n) is 5.85. The summed E-state index contributed by atoms with van der Waals surface area (Å²) >= 11 is 0. The van der Waals surface area contributed by atoms with Gasteiger partial charge in [-0.05, 0) is 89.6 Å². The topological polar surface area (TPSA) is 42.9 Å². The summed E-state index contributed by atoms with van der Waals surface area (Å²) in [5.41, 5.74) is 0. The molecule has 0 atom stereocenters. The zero-order valence-electron chi connectivity index (χ0n) is 17.3. The summed E-state index contributed by atoms with van der Waals surface area (Å²) in [5, 5.41) is 7.03. The van der Waals surface area contributed by atoms with E-state index in [2.05, 4.69) is 39.3 Å². The summed E-state index contributed by atoms with van der Waals surface area (Å²) in [6, 6.07) is 0. The van der Waals surface area contributed by atoms with E-state index in [0.29, 0.717) is 0 Å². The van der Waals surface area contributed by atoms with Crippen LogP contribution in [0.5, 0.6) is 0 Å². The molecule has 6 heteroatoms. The van der Waals surface area contributed by atoms with E-state index < -0.39 is 0 Å². The van der Waals surface area contributed by atoms with Crippen molar-refractivity contribution < 1.29 is 0 Å². The van der Waals surface area contributed by atoms with Gasteiger partial charge in [0.1, 0.15) is 0 Å². The molecule has 2 aliphatic rings. The lowest BCUT2D eigenvalue weighted by Crippen LogP contribution is -2.43. The SMILES string of the molecule is CCCN1CCC(CNC(=NC)NCCCN2CCC(C)CC2)CC1.I. The fourth-order valence-corrected chi connectivity index (χ4v) is 3.99. The van der Waals surface area contributed by atoms with Crippen LogP contribution in [-0.2, 0) is 0 Å². The molecule has 2 saturated heterocycles. The van der Waals surface area contributed by atoms with Crippen molar-refractivity contribution in [1.29, 1.82) is 0 Å². The largest absolute Gasteiger partial charge is 0.356 e. The van der Waals surface area contributed by atoms with Gasteiger partial charge in [0.15, 0.2) is 5.96 Å². The first-order valence-corrected chi connectivity index (χ1v) is 10.6. The van der Waals surface area contributed by atoms with Crippen LogP contribution in [0.25, 0.3) is 0 Å². The number of nitrogens with one attached hydrogen (secondary N) is 2. The molecule has 0 spiro atoms. The van der Waals surface area contributed by atoms with Gasteiger partial charge in [-0.2, -0.15) is 0 Å². The molecule has 5 nitrogen and oxygen atoms in total. The monoisotopic (exact) mass is 479 g/mol. The van der Waals surface area contributed by atoms with Crippen molar-refractivity contribution in [2.75, 3.05) is 59.4 Å². The first-order valence-electron chi connectivity index (χ1n) is 10.6. The number of hydrogen-bond acceptors (Lipinski definition) is 3. The Hall–Kier alpha value is -0.0800. The highest BCUT2D eigenvalue weighted by Crippen LogP contribution is 2.17. The molecule has 0 unspecified atom stereocenters. The molecule has 2 fully saturated rings. The molecule has 0 saturated carbocycles. The number of halogens is 1. The summed E-state index contributed by atoms with van der Waals surface area (Å²) in [5.74, 6) is 2.69. The Balaban J connectivity index is 0.00000338. The highest BCUT2D eigenvalue weighted by atomic mass is 127. The van der Waals surface area contributed by atoms with Crippen molar-refractivity contribution in [3.63, 3.8) is 0 Å². The first kappa shape index (κ1) is 24.0. The summed E-state index contributed by atoms with van der Waals surface area (Å²) in [7, 11) is 1.88. The van der Waals surface area contributed by atoms with Crippen LogP contribution >= 0.6 is 24.0 Å². The van der Waals surface area contributed by atoms with Crippen LogP contribution in [0, 0.1) is 11.8 Å². The second kappa shape index (κ2) is 14.0. The van der Waals surface area contributed by atoms with Gasteiger partial charge < -0.3 is 20.4 Å². The van der Waals surface area contributed by atoms with Crippen LogP contribution in [-0.4, -0.2) is 75.2 Å². The maximum atomic E-state index is 4.38. The van der Waals surface area contributed by atoms with E-state index in [1.54, 1.807) is 0 Å². The molecule has 2 N–H and O–H groups in total. The van der Waals surface area contributed by atoms with Crippen molar-refractivity contribution in [2.24, 2.45) is 16.8 Å². The van der Waals surface area contributed by atoms with Gasteiger partial charge in [0, 0.05) is 20.1 Å². The Kier molecular flexibility index (Phi) is 12.9.